The fourth-order valence-corrected chi connectivity index (χ4v) is 4.54. The molecule has 1 aromatic carbocycles. The number of benzene rings is 1. The first-order chi connectivity index (χ1) is 18.8. The summed E-state index contributed by atoms with van der Waals surface area (Å²) in [5.41, 5.74) is 5.31. The van der Waals surface area contributed by atoms with Crippen molar-refractivity contribution in [1.82, 2.24) is 30.0 Å². The number of carbonyl (C=O) groups excluding carboxylic acids is 2. The van der Waals surface area contributed by atoms with Crippen LogP contribution in [0.1, 0.15) is 41.9 Å². The number of rotatable bonds is 7. The number of aromatic nitrogens is 5. The van der Waals surface area contributed by atoms with Crippen molar-refractivity contribution in [2.45, 2.75) is 44.4 Å². The maximum atomic E-state index is 14.4. The first-order valence-corrected chi connectivity index (χ1v) is 12.2. The van der Waals surface area contributed by atoms with Crippen LogP contribution in [0.25, 0.3) is 22.6 Å². The quantitative estimate of drug-likeness (QED) is 0.297. The highest BCUT2D eigenvalue weighted by Crippen LogP contribution is 2.39. The predicted molar refractivity (Wildman–Crippen MR) is 137 cm³/mol. The molecule has 1 atom stereocenters. The van der Waals surface area contributed by atoms with E-state index >= 15 is 0 Å². The number of pyridine rings is 1. The number of hydrogen-bond acceptors (Lipinski definition) is 7. The second-order valence-electron chi connectivity index (χ2n) is 9.96. The van der Waals surface area contributed by atoms with E-state index < -0.39 is 48.2 Å². The minimum Gasteiger partial charge on any atom is -0.349 e. The third-order valence-corrected chi connectivity index (χ3v) is 6.56. The van der Waals surface area contributed by atoms with E-state index in [1.54, 1.807) is 50.4 Å². The summed E-state index contributed by atoms with van der Waals surface area (Å²) in [6.07, 6.45) is -4.24. The van der Waals surface area contributed by atoms with E-state index in [4.69, 9.17) is 5.73 Å². The Morgan fingerprint density at radius 1 is 1.18 bits per heavy atom. The molecule has 0 spiro atoms. The summed E-state index contributed by atoms with van der Waals surface area (Å²) in [6, 6.07) is 8.19. The fourth-order valence-electron chi connectivity index (χ4n) is 4.54. The van der Waals surface area contributed by atoms with Crippen molar-refractivity contribution in [2.75, 3.05) is 11.9 Å². The van der Waals surface area contributed by atoms with Gasteiger partial charge in [0, 0.05) is 29.9 Å². The van der Waals surface area contributed by atoms with Gasteiger partial charge in [0.25, 0.3) is 5.91 Å². The molecule has 0 radical (unpaired) electrons. The maximum absolute atomic E-state index is 14.4. The van der Waals surface area contributed by atoms with Crippen LogP contribution < -0.4 is 16.4 Å². The van der Waals surface area contributed by atoms with Crippen LogP contribution in [-0.4, -0.2) is 55.3 Å². The van der Waals surface area contributed by atoms with Gasteiger partial charge in [-0.3, -0.25) is 9.59 Å². The van der Waals surface area contributed by atoms with Crippen molar-refractivity contribution in [3.63, 3.8) is 0 Å². The van der Waals surface area contributed by atoms with Gasteiger partial charge in [-0.1, -0.05) is 18.2 Å². The molecule has 208 valence electrons. The lowest BCUT2D eigenvalue weighted by molar-refractivity contribution is -0.137. The van der Waals surface area contributed by atoms with E-state index in [9.17, 15) is 27.2 Å². The normalized spacial score (nSPS) is 15.1. The summed E-state index contributed by atoms with van der Waals surface area (Å²) in [6.45, 7) is 2.72. The Kier molecular flexibility index (Phi) is 6.74. The molecule has 1 unspecified atom stereocenters. The van der Waals surface area contributed by atoms with Crippen molar-refractivity contribution in [3.8, 4) is 11.5 Å². The van der Waals surface area contributed by atoms with Gasteiger partial charge < -0.3 is 16.4 Å². The monoisotopic (exact) mass is 556 g/mol. The van der Waals surface area contributed by atoms with Gasteiger partial charge in [-0.2, -0.15) is 18.3 Å². The second-order valence-corrected chi connectivity index (χ2v) is 9.96. The standard InChI is InChI=1S/C26H24F4N8O2/c1-25(2)17-19(23(39)33-11-14(31)10-26(28,29)30)34-21(35-20(17)36-24(25)40)18-15-7-5-9-32-22(15)38(37-18)12-13-6-3-4-8-16(13)27/h3-9,14H,10-12,31H2,1-2H3,(H,33,39)(H,34,35,36,40). The fraction of sp³-hybridized carbons (Fsp3) is 0.308. The Morgan fingerprint density at radius 2 is 1.93 bits per heavy atom. The largest absolute Gasteiger partial charge is 0.390 e. The van der Waals surface area contributed by atoms with Crippen LogP contribution in [0.15, 0.2) is 42.6 Å². The summed E-state index contributed by atoms with van der Waals surface area (Å²) >= 11 is 0. The van der Waals surface area contributed by atoms with E-state index in [-0.39, 0.29) is 35.1 Å². The lowest BCUT2D eigenvalue weighted by atomic mass is 9.85. The third kappa shape index (κ3) is 5.09. The number of halogens is 4. The molecule has 14 heteroatoms. The van der Waals surface area contributed by atoms with Crippen LogP contribution in [0.2, 0.25) is 0 Å². The van der Waals surface area contributed by atoms with Crippen LogP contribution in [0.4, 0.5) is 23.4 Å². The Labute approximate surface area is 225 Å². The van der Waals surface area contributed by atoms with E-state index in [1.165, 1.54) is 10.7 Å². The molecule has 0 bridgehead atoms. The molecule has 0 saturated carbocycles. The maximum Gasteiger partial charge on any atom is 0.390 e. The third-order valence-electron chi connectivity index (χ3n) is 6.56. The van der Waals surface area contributed by atoms with E-state index in [2.05, 4.69) is 30.7 Å². The van der Waals surface area contributed by atoms with Crippen LogP contribution in [0, 0.1) is 5.82 Å². The average molecular weight is 557 g/mol. The van der Waals surface area contributed by atoms with Crippen molar-refractivity contribution in [1.29, 1.82) is 0 Å². The molecule has 4 aromatic rings. The first-order valence-electron chi connectivity index (χ1n) is 12.2. The number of amides is 2. The van der Waals surface area contributed by atoms with Crippen molar-refractivity contribution in [3.05, 3.63) is 65.2 Å². The van der Waals surface area contributed by atoms with Gasteiger partial charge in [0.15, 0.2) is 11.5 Å². The molecule has 0 saturated heterocycles. The first kappa shape index (κ1) is 27.1. The molecule has 4 heterocycles. The van der Waals surface area contributed by atoms with Gasteiger partial charge in [-0.05, 0) is 32.0 Å². The molecule has 0 aliphatic carbocycles. The lowest BCUT2D eigenvalue weighted by Crippen LogP contribution is -2.41. The highest BCUT2D eigenvalue weighted by atomic mass is 19.4. The number of nitrogens with zero attached hydrogens (tertiary/aromatic N) is 5. The SMILES string of the molecule is CC1(C)C(=O)Nc2nc(-c3nn(Cc4ccccc4F)c4ncccc34)nc(C(=O)NCC(N)CC(F)(F)F)c21. The minimum absolute atomic E-state index is 0.0354. The molecular formula is C26H24F4N8O2. The topological polar surface area (TPSA) is 141 Å². The molecule has 10 nitrogen and oxygen atoms in total. The number of hydrogen-bond donors (Lipinski definition) is 3. The van der Waals surface area contributed by atoms with Crippen LogP contribution in [0.5, 0.6) is 0 Å². The molecule has 4 N–H and O–H groups in total. The summed E-state index contributed by atoms with van der Waals surface area (Å²) < 4.78 is 54.0. The second kappa shape index (κ2) is 9.93. The molecule has 3 aromatic heterocycles. The Bertz CT molecular complexity index is 1630. The summed E-state index contributed by atoms with van der Waals surface area (Å²) in [7, 11) is 0. The zero-order valence-electron chi connectivity index (χ0n) is 21.4. The highest BCUT2D eigenvalue weighted by molar-refractivity contribution is 6.09. The van der Waals surface area contributed by atoms with E-state index in [1.807, 2.05) is 0 Å². The average Bonchev–Trinajstić information content (AvgIpc) is 3.36. The van der Waals surface area contributed by atoms with Crippen LogP contribution in [0.3, 0.4) is 0 Å². The smallest absolute Gasteiger partial charge is 0.349 e. The molecule has 1 aliphatic heterocycles. The number of nitrogens with one attached hydrogen (secondary N) is 2. The zero-order valence-corrected chi connectivity index (χ0v) is 21.4. The van der Waals surface area contributed by atoms with Crippen molar-refractivity contribution >= 4 is 28.7 Å². The molecule has 0 fully saturated rings. The lowest BCUT2D eigenvalue weighted by Gasteiger charge is -2.19. The van der Waals surface area contributed by atoms with Gasteiger partial charge in [-0.15, -0.1) is 0 Å². The van der Waals surface area contributed by atoms with Gasteiger partial charge in [0.05, 0.1) is 23.8 Å². The number of fused-ring (bicyclic) bond motifs is 2. The van der Waals surface area contributed by atoms with Crippen LogP contribution in [-0.2, 0) is 16.8 Å². The molecule has 5 rings (SSSR count). The van der Waals surface area contributed by atoms with E-state index in [0.29, 0.717) is 16.6 Å². The van der Waals surface area contributed by atoms with Gasteiger partial charge in [0.1, 0.15) is 23.0 Å². The molecule has 1 aliphatic rings. The van der Waals surface area contributed by atoms with E-state index in [0.717, 1.165) is 0 Å². The Morgan fingerprint density at radius 3 is 2.65 bits per heavy atom. The van der Waals surface area contributed by atoms with Gasteiger partial charge in [0.2, 0.25) is 5.91 Å². The highest BCUT2D eigenvalue weighted by Gasteiger charge is 2.44. The molecular weight excluding hydrogens is 532 g/mol. The predicted octanol–water partition coefficient (Wildman–Crippen LogP) is 3.31. The van der Waals surface area contributed by atoms with Gasteiger partial charge >= 0.3 is 6.18 Å². The molecule has 40 heavy (non-hydrogen) atoms. The Hall–Kier alpha value is -4.46. The number of carbonyl (C=O) groups is 2. The number of alkyl halides is 3. The summed E-state index contributed by atoms with van der Waals surface area (Å²) in [5.74, 6) is -1.65. The zero-order chi connectivity index (χ0) is 28.8. The Balaban J connectivity index is 1.58. The van der Waals surface area contributed by atoms with Crippen molar-refractivity contribution in [2.24, 2.45) is 5.73 Å². The van der Waals surface area contributed by atoms with Gasteiger partial charge in [-0.25, -0.2) is 24.0 Å². The summed E-state index contributed by atoms with van der Waals surface area (Å²) in [5, 5.41) is 10.1. The minimum atomic E-state index is -4.50. The summed E-state index contributed by atoms with van der Waals surface area (Å²) in [4.78, 5) is 39.2. The van der Waals surface area contributed by atoms with Crippen molar-refractivity contribution < 1.29 is 27.2 Å². The number of anilines is 1. The number of nitrogens with two attached hydrogens (primary N) is 1. The van der Waals surface area contributed by atoms with Crippen LogP contribution >= 0.6 is 0 Å². The molecule has 2 amide bonds.